The minimum Gasteiger partial charge on any atom is -0.364 e. The Bertz CT molecular complexity index is 788. The molecule has 0 unspecified atom stereocenters. The maximum absolute atomic E-state index is 12.1. The third kappa shape index (κ3) is 2.14. The highest BCUT2D eigenvalue weighted by Crippen LogP contribution is 2.31. The molecule has 0 aliphatic heterocycles. The van der Waals surface area contributed by atoms with Crippen molar-refractivity contribution in [3.63, 3.8) is 0 Å². The molecule has 0 bridgehead atoms. The fraction of sp³-hybridized carbons (Fsp3) is 0.308. The van der Waals surface area contributed by atoms with E-state index in [1.165, 1.54) is 11.3 Å². The summed E-state index contributed by atoms with van der Waals surface area (Å²) in [5.74, 6) is 0.721. The molecule has 104 valence electrons. The summed E-state index contributed by atoms with van der Waals surface area (Å²) in [4.78, 5) is 20.3. The maximum Gasteiger partial charge on any atom is 0.268 e. The summed E-state index contributed by atoms with van der Waals surface area (Å²) in [5.41, 5.74) is 7.38. The van der Waals surface area contributed by atoms with E-state index in [9.17, 15) is 4.79 Å². The molecule has 0 aromatic carbocycles. The van der Waals surface area contributed by atoms with Gasteiger partial charge < -0.3 is 15.2 Å². The van der Waals surface area contributed by atoms with Crippen molar-refractivity contribution in [3.05, 3.63) is 34.7 Å². The van der Waals surface area contributed by atoms with E-state index < -0.39 is 0 Å². The molecule has 0 aliphatic carbocycles. The van der Waals surface area contributed by atoms with Crippen molar-refractivity contribution in [3.8, 4) is 10.4 Å². The Morgan fingerprint density at radius 2 is 2.25 bits per heavy atom. The van der Waals surface area contributed by atoms with Crippen LogP contribution in [-0.2, 0) is 0 Å². The zero-order chi connectivity index (χ0) is 14.3. The minimum atomic E-state index is -0.286. The summed E-state index contributed by atoms with van der Waals surface area (Å²) in [6.45, 7) is 3.98. The van der Waals surface area contributed by atoms with Gasteiger partial charge in [0.2, 0.25) is 0 Å². The Morgan fingerprint density at radius 1 is 1.45 bits per heavy atom. The van der Waals surface area contributed by atoms with Crippen LogP contribution < -0.4 is 11.3 Å². The molecule has 0 spiro atoms. The molecule has 3 heterocycles. The summed E-state index contributed by atoms with van der Waals surface area (Å²) in [6.07, 6.45) is 3.15. The molecule has 3 N–H and O–H groups in total. The second-order valence-corrected chi connectivity index (χ2v) is 6.01. The Kier molecular flexibility index (Phi) is 3.15. The van der Waals surface area contributed by atoms with Gasteiger partial charge in [0, 0.05) is 4.88 Å². The molecule has 1 atom stereocenters. The van der Waals surface area contributed by atoms with Crippen molar-refractivity contribution in [1.82, 2.24) is 15.1 Å². The topological polar surface area (TPSA) is 97.8 Å². The molecule has 3 aromatic heterocycles. The van der Waals surface area contributed by atoms with Gasteiger partial charge in [0.15, 0.2) is 0 Å². The number of hydrogen-bond donors (Lipinski definition) is 2. The van der Waals surface area contributed by atoms with Crippen molar-refractivity contribution in [2.45, 2.75) is 19.9 Å². The van der Waals surface area contributed by atoms with Gasteiger partial charge in [0.05, 0.1) is 23.3 Å². The fourth-order valence-electron chi connectivity index (χ4n) is 1.90. The molecule has 20 heavy (non-hydrogen) atoms. The van der Waals surface area contributed by atoms with Crippen molar-refractivity contribution in [2.75, 3.05) is 0 Å². The average molecular weight is 290 g/mol. The number of hydrogen-bond acceptors (Lipinski definition) is 6. The molecule has 7 heteroatoms. The molecule has 0 saturated heterocycles. The quantitative estimate of drug-likeness (QED) is 0.771. The van der Waals surface area contributed by atoms with E-state index in [2.05, 4.69) is 15.1 Å². The van der Waals surface area contributed by atoms with Crippen LogP contribution in [0.5, 0.6) is 0 Å². The number of nitrogens with one attached hydrogen (secondary N) is 1. The summed E-state index contributed by atoms with van der Waals surface area (Å²) in [6, 6.07) is 1.57. The summed E-state index contributed by atoms with van der Waals surface area (Å²) in [7, 11) is 0. The standard InChI is InChI=1S/C13H14N4O2S/c1-6(2)10(14)12-16-8-3-9(7-4-15-19-5-7)20-11(8)13(18)17-12/h3-6,10H,14H2,1-2H3,(H,16,17,18)/t10-/m0/s1. The van der Waals surface area contributed by atoms with Crippen molar-refractivity contribution >= 4 is 21.6 Å². The number of fused-ring (bicyclic) bond motifs is 1. The monoisotopic (exact) mass is 290 g/mol. The average Bonchev–Trinajstić information content (AvgIpc) is 3.05. The smallest absolute Gasteiger partial charge is 0.268 e. The molecular formula is C13H14N4O2S. The summed E-state index contributed by atoms with van der Waals surface area (Å²) >= 11 is 1.36. The maximum atomic E-state index is 12.1. The van der Waals surface area contributed by atoms with Crippen LogP contribution in [0.4, 0.5) is 0 Å². The van der Waals surface area contributed by atoms with E-state index >= 15 is 0 Å². The van der Waals surface area contributed by atoms with Gasteiger partial charge in [-0.1, -0.05) is 19.0 Å². The van der Waals surface area contributed by atoms with Crippen molar-refractivity contribution in [2.24, 2.45) is 11.7 Å². The molecule has 0 radical (unpaired) electrons. The predicted molar refractivity (Wildman–Crippen MR) is 77.5 cm³/mol. The summed E-state index contributed by atoms with van der Waals surface area (Å²) < 4.78 is 5.40. The highest BCUT2D eigenvalue weighted by Gasteiger charge is 2.17. The van der Waals surface area contributed by atoms with E-state index in [-0.39, 0.29) is 17.5 Å². The normalized spacial score (nSPS) is 13.2. The zero-order valence-corrected chi connectivity index (χ0v) is 11.9. The Balaban J connectivity index is 2.15. The first-order valence-corrected chi connectivity index (χ1v) is 7.07. The molecule has 6 nitrogen and oxygen atoms in total. The molecule has 3 aromatic rings. The second-order valence-electron chi connectivity index (χ2n) is 4.96. The van der Waals surface area contributed by atoms with Crippen LogP contribution in [0.1, 0.15) is 25.7 Å². The molecule has 0 amide bonds. The Morgan fingerprint density at radius 3 is 2.90 bits per heavy atom. The van der Waals surface area contributed by atoms with E-state index in [0.29, 0.717) is 16.0 Å². The summed E-state index contributed by atoms with van der Waals surface area (Å²) in [5, 5.41) is 3.67. The first-order chi connectivity index (χ1) is 9.56. The molecule has 3 rings (SSSR count). The van der Waals surface area contributed by atoms with E-state index in [1.54, 1.807) is 12.5 Å². The van der Waals surface area contributed by atoms with E-state index in [4.69, 9.17) is 10.3 Å². The highest BCUT2D eigenvalue weighted by atomic mass is 32.1. The van der Waals surface area contributed by atoms with E-state index in [0.717, 1.165) is 10.4 Å². The largest absolute Gasteiger partial charge is 0.364 e. The predicted octanol–water partition coefficient (Wildman–Crippen LogP) is 2.30. The van der Waals surface area contributed by atoms with Crippen LogP contribution in [0.3, 0.4) is 0 Å². The highest BCUT2D eigenvalue weighted by molar-refractivity contribution is 7.22. The van der Waals surface area contributed by atoms with Gasteiger partial charge >= 0.3 is 0 Å². The van der Waals surface area contributed by atoms with Gasteiger partial charge in [-0.3, -0.25) is 4.79 Å². The number of nitrogens with zero attached hydrogens (tertiary/aromatic N) is 2. The SMILES string of the molecule is CC(C)[C@H](N)c1nc2cc(-c3cnoc3)sc2c(=O)[nH]1. The molecule has 0 fully saturated rings. The second kappa shape index (κ2) is 4.84. The lowest BCUT2D eigenvalue weighted by Crippen LogP contribution is -2.23. The van der Waals surface area contributed by atoms with Crippen LogP contribution in [0.2, 0.25) is 0 Å². The first kappa shape index (κ1) is 13.0. The van der Waals surface area contributed by atoms with Gasteiger partial charge in [-0.25, -0.2) is 4.98 Å². The van der Waals surface area contributed by atoms with Gasteiger partial charge in [0.1, 0.15) is 16.8 Å². The van der Waals surface area contributed by atoms with Crippen LogP contribution in [0, 0.1) is 5.92 Å². The number of H-pyrrole nitrogens is 1. The lowest BCUT2D eigenvalue weighted by Gasteiger charge is -2.13. The Hall–Kier alpha value is -1.99. The van der Waals surface area contributed by atoms with Gasteiger partial charge in [-0.2, -0.15) is 0 Å². The zero-order valence-electron chi connectivity index (χ0n) is 11.1. The third-order valence-corrected chi connectivity index (χ3v) is 4.32. The molecule has 0 saturated carbocycles. The lowest BCUT2D eigenvalue weighted by molar-refractivity contribution is 0.420. The van der Waals surface area contributed by atoms with Gasteiger partial charge in [-0.15, -0.1) is 11.3 Å². The van der Waals surface area contributed by atoms with Crippen LogP contribution >= 0.6 is 11.3 Å². The number of aromatic amines is 1. The lowest BCUT2D eigenvalue weighted by atomic mass is 10.1. The number of aromatic nitrogens is 3. The fourth-order valence-corrected chi connectivity index (χ4v) is 2.86. The first-order valence-electron chi connectivity index (χ1n) is 6.25. The molecule has 0 aliphatic rings. The number of rotatable bonds is 3. The van der Waals surface area contributed by atoms with Crippen LogP contribution in [0.15, 0.2) is 27.8 Å². The third-order valence-electron chi connectivity index (χ3n) is 3.15. The van der Waals surface area contributed by atoms with Crippen molar-refractivity contribution in [1.29, 1.82) is 0 Å². The number of thiophene rings is 1. The van der Waals surface area contributed by atoms with Crippen molar-refractivity contribution < 1.29 is 4.52 Å². The van der Waals surface area contributed by atoms with Gasteiger partial charge in [-0.05, 0) is 12.0 Å². The number of nitrogens with two attached hydrogens (primary N) is 1. The van der Waals surface area contributed by atoms with Crippen LogP contribution in [-0.4, -0.2) is 15.1 Å². The Labute approximate surface area is 118 Å². The van der Waals surface area contributed by atoms with Gasteiger partial charge in [0.25, 0.3) is 5.56 Å². The molecular weight excluding hydrogens is 276 g/mol. The van der Waals surface area contributed by atoms with Crippen LogP contribution in [0.25, 0.3) is 20.7 Å². The van der Waals surface area contributed by atoms with E-state index in [1.807, 2.05) is 19.9 Å². The minimum absolute atomic E-state index is 0.159.